The lowest BCUT2D eigenvalue weighted by molar-refractivity contribution is 0.0991. The van der Waals surface area contributed by atoms with Crippen molar-refractivity contribution < 1.29 is 9.53 Å². The number of amides is 1. The third kappa shape index (κ3) is 4.42. The monoisotopic (exact) mass is 452 g/mol. The molecule has 0 aliphatic rings. The number of hydrogen-bond donors (Lipinski definition) is 3. The van der Waals surface area contributed by atoms with Gasteiger partial charge in [-0.15, -0.1) is 0 Å². The quantitative estimate of drug-likeness (QED) is 0.395. The Labute approximate surface area is 188 Å². The van der Waals surface area contributed by atoms with Crippen LogP contribution in [0.2, 0.25) is 5.02 Å². The van der Waals surface area contributed by atoms with Crippen LogP contribution < -0.4 is 21.3 Å². The number of benzene rings is 1. The molecule has 0 saturated heterocycles. The number of pyridine rings is 2. The maximum atomic E-state index is 12.7. The summed E-state index contributed by atoms with van der Waals surface area (Å²) in [6, 6.07) is 11.9. The van der Waals surface area contributed by atoms with E-state index in [4.69, 9.17) is 22.1 Å². The smallest absolute Gasteiger partial charge is 0.267 e. The summed E-state index contributed by atoms with van der Waals surface area (Å²) in [5.74, 6) is 0.302. The Morgan fingerprint density at radius 2 is 2.12 bits per heavy atom. The molecule has 32 heavy (non-hydrogen) atoms. The minimum atomic E-state index is -0.583. The molecule has 1 aromatic carbocycles. The van der Waals surface area contributed by atoms with Gasteiger partial charge in [-0.25, -0.2) is 0 Å². The minimum absolute atomic E-state index is 0.257. The van der Waals surface area contributed by atoms with Gasteiger partial charge in [-0.2, -0.15) is 5.10 Å². The molecule has 0 fully saturated rings. The lowest BCUT2D eigenvalue weighted by atomic mass is 10.1. The number of halogens is 1. The molecule has 0 aliphatic carbocycles. The van der Waals surface area contributed by atoms with Gasteiger partial charge in [0.15, 0.2) is 0 Å². The first-order valence-corrected chi connectivity index (χ1v) is 10.2. The topological polar surface area (TPSA) is 128 Å². The maximum absolute atomic E-state index is 12.7. The number of primary amides is 1. The van der Waals surface area contributed by atoms with E-state index in [0.29, 0.717) is 27.7 Å². The molecule has 9 nitrogen and oxygen atoms in total. The number of nitrogens with zero attached hydrogens (tertiary/aromatic N) is 3. The summed E-state index contributed by atoms with van der Waals surface area (Å²) in [5, 5.41) is 8.50. The van der Waals surface area contributed by atoms with Gasteiger partial charge in [-0.05, 0) is 31.2 Å². The van der Waals surface area contributed by atoms with Crippen molar-refractivity contribution in [3.63, 3.8) is 0 Å². The van der Waals surface area contributed by atoms with Crippen molar-refractivity contribution in [1.29, 1.82) is 0 Å². The number of fused-ring (bicyclic) bond motifs is 1. The molecular weight excluding hydrogens is 432 g/mol. The average molecular weight is 453 g/mol. The fourth-order valence-electron chi connectivity index (χ4n) is 3.36. The predicted molar refractivity (Wildman–Crippen MR) is 122 cm³/mol. The van der Waals surface area contributed by atoms with E-state index < -0.39 is 11.9 Å². The zero-order valence-corrected chi connectivity index (χ0v) is 18.2. The number of aryl methyl sites for hydroxylation is 1. The molecule has 4 rings (SSSR count). The van der Waals surface area contributed by atoms with Crippen LogP contribution in [0.3, 0.4) is 0 Å². The fourth-order valence-corrected chi connectivity index (χ4v) is 3.59. The van der Waals surface area contributed by atoms with Gasteiger partial charge in [0.25, 0.3) is 11.5 Å². The molecule has 164 valence electrons. The first kappa shape index (κ1) is 21.4. The predicted octanol–water partition coefficient (Wildman–Crippen LogP) is 3.16. The van der Waals surface area contributed by atoms with Gasteiger partial charge < -0.3 is 20.8 Å². The number of aromatic nitrogens is 4. The second kappa shape index (κ2) is 8.72. The van der Waals surface area contributed by atoms with Gasteiger partial charge in [-0.3, -0.25) is 19.3 Å². The maximum Gasteiger partial charge on any atom is 0.267 e. The number of anilines is 1. The number of carbonyl (C=O) groups is 1. The highest BCUT2D eigenvalue weighted by Crippen LogP contribution is 2.30. The molecule has 0 aliphatic heterocycles. The third-order valence-corrected chi connectivity index (χ3v) is 5.29. The number of nitrogens with one attached hydrogen (secondary N) is 2. The van der Waals surface area contributed by atoms with Crippen molar-refractivity contribution in [2.45, 2.75) is 19.6 Å². The van der Waals surface area contributed by atoms with Gasteiger partial charge in [0, 0.05) is 36.3 Å². The zero-order chi connectivity index (χ0) is 22.8. The number of H-pyrrole nitrogens is 1. The standard InChI is InChI=1S/C22H21ClN6O3/c1-12(26-20-10-18(21(24)30)29(2)28-20)15-7-13-8-16(23)19(9-17(13)27-22(15)31)32-11-14-5-3-4-6-25-14/h3-10,12H,11H2,1-2H3,(H2,24,30)(H,26,28)(H,27,31)/t12-/m0/s1. The number of rotatable bonds is 7. The SMILES string of the molecule is C[C@H](Nc1cc(C(N)=O)n(C)n1)c1cc2cc(Cl)c(OCc3ccccn3)cc2[nH]c1=O. The highest BCUT2D eigenvalue weighted by Gasteiger charge is 2.16. The highest BCUT2D eigenvalue weighted by atomic mass is 35.5. The number of carbonyl (C=O) groups excluding carboxylic acids is 1. The van der Waals surface area contributed by atoms with Crippen molar-refractivity contribution in [1.82, 2.24) is 19.7 Å². The molecule has 4 N–H and O–H groups in total. The van der Waals surface area contributed by atoms with Gasteiger partial charge in [-0.1, -0.05) is 17.7 Å². The molecule has 0 saturated carbocycles. The zero-order valence-electron chi connectivity index (χ0n) is 17.4. The van der Waals surface area contributed by atoms with Crippen molar-refractivity contribution in [3.8, 4) is 5.75 Å². The van der Waals surface area contributed by atoms with Crippen LogP contribution in [-0.4, -0.2) is 25.7 Å². The number of ether oxygens (including phenoxy) is 1. The van der Waals surface area contributed by atoms with Crippen LogP contribution in [0.1, 0.15) is 34.7 Å². The van der Waals surface area contributed by atoms with Crippen molar-refractivity contribution in [2.24, 2.45) is 12.8 Å². The molecule has 10 heteroatoms. The Bertz CT molecular complexity index is 1350. The summed E-state index contributed by atoms with van der Waals surface area (Å²) in [6.45, 7) is 2.08. The van der Waals surface area contributed by atoms with Crippen LogP contribution in [0.5, 0.6) is 5.75 Å². The normalized spacial score (nSPS) is 12.0. The van der Waals surface area contributed by atoms with Gasteiger partial charge in [0.05, 0.1) is 22.3 Å². The first-order chi connectivity index (χ1) is 15.3. The van der Waals surface area contributed by atoms with Crippen molar-refractivity contribution in [3.05, 3.63) is 81.0 Å². The lowest BCUT2D eigenvalue weighted by Gasteiger charge is -2.14. The number of aromatic amines is 1. The molecule has 1 atom stereocenters. The van der Waals surface area contributed by atoms with Gasteiger partial charge in [0.2, 0.25) is 0 Å². The molecule has 4 aromatic rings. The first-order valence-electron chi connectivity index (χ1n) is 9.81. The second-order valence-corrected chi connectivity index (χ2v) is 7.71. The van der Waals surface area contributed by atoms with Gasteiger partial charge >= 0.3 is 0 Å². The molecule has 0 radical (unpaired) electrons. The molecule has 3 heterocycles. The largest absolute Gasteiger partial charge is 0.486 e. The van der Waals surface area contributed by atoms with E-state index in [1.165, 1.54) is 10.7 Å². The van der Waals surface area contributed by atoms with E-state index in [0.717, 1.165) is 11.1 Å². The summed E-state index contributed by atoms with van der Waals surface area (Å²) in [4.78, 5) is 31.3. The third-order valence-electron chi connectivity index (χ3n) is 4.99. The van der Waals surface area contributed by atoms with Crippen LogP contribution >= 0.6 is 11.6 Å². The van der Waals surface area contributed by atoms with Crippen LogP contribution in [-0.2, 0) is 13.7 Å². The summed E-state index contributed by atoms with van der Waals surface area (Å²) in [7, 11) is 1.62. The summed E-state index contributed by atoms with van der Waals surface area (Å²) < 4.78 is 7.17. The van der Waals surface area contributed by atoms with Crippen LogP contribution in [0.15, 0.2) is 53.5 Å². The Morgan fingerprint density at radius 3 is 2.81 bits per heavy atom. The Morgan fingerprint density at radius 1 is 1.31 bits per heavy atom. The van der Waals surface area contributed by atoms with Crippen LogP contribution in [0.25, 0.3) is 10.9 Å². The molecule has 0 bridgehead atoms. The second-order valence-electron chi connectivity index (χ2n) is 7.30. The summed E-state index contributed by atoms with van der Waals surface area (Å²) in [5.41, 5.74) is 7.18. The molecule has 0 spiro atoms. The van der Waals surface area contributed by atoms with Gasteiger partial charge in [0.1, 0.15) is 23.9 Å². The Kier molecular flexibility index (Phi) is 5.83. The Balaban J connectivity index is 1.58. The van der Waals surface area contributed by atoms with E-state index in [9.17, 15) is 9.59 Å². The molecule has 0 unspecified atom stereocenters. The van der Waals surface area contributed by atoms with Crippen molar-refractivity contribution >= 4 is 34.2 Å². The summed E-state index contributed by atoms with van der Waals surface area (Å²) >= 11 is 6.41. The van der Waals surface area contributed by atoms with E-state index >= 15 is 0 Å². The average Bonchev–Trinajstić information content (AvgIpc) is 3.13. The Hall–Kier alpha value is -3.85. The number of hydrogen-bond acceptors (Lipinski definition) is 6. The highest BCUT2D eigenvalue weighted by molar-refractivity contribution is 6.32. The van der Waals surface area contributed by atoms with Crippen LogP contribution in [0.4, 0.5) is 5.82 Å². The van der Waals surface area contributed by atoms with E-state index in [-0.39, 0.29) is 17.9 Å². The van der Waals surface area contributed by atoms with Crippen LogP contribution in [0, 0.1) is 0 Å². The molecular formula is C22H21ClN6O3. The van der Waals surface area contributed by atoms with E-state index in [2.05, 4.69) is 20.4 Å². The minimum Gasteiger partial charge on any atom is -0.486 e. The molecule has 3 aromatic heterocycles. The van der Waals surface area contributed by atoms with E-state index in [1.54, 1.807) is 31.4 Å². The van der Waals surface area contributed by atoms with Crippen molar-refractivity contribution in [2.75, 3.05) is 5.32 Å². The van der Waals surface area contributed by atoms with E-state index in [1.807, 2.05) is 25.1 Å². The number of nitrogens with two attached hydrogens (primary N) is 1. The lowest BCUT2D eigenvalue weighted by Crippen LogP contribution is -2.19. The fraction of sp³-hybridized carbons (Fsp3) is 0.182. The summed E-state index contributed by atoms with van der Waals surface area (Å²) in [6.07, 6.45) is 1.69. The molecule has 1 amide bonds.